The van der Waals surface area contributed by atoms with Gasteiger partial charge >= 0.3 is 0 Å². The molecular weight excluding hydrogens is 304 g/mol. The first kappa shape index (κ1) is 17.1. The summed E-state index contributed by atoms with van der Waals surface area (Å²) in [4.78, 5) is 4.18. The van der Waals surface area contributed by atoms with E-state index in [2.05, 4.69) is 10.3 Å². The number of nitrogens with zero attached hydrogens (tertiary/aromatic N) is 3. The van der Waals surface area contributed by atoms with Gasteiger partial charge in [0, 0.05) is 40.4 Å². The van der Waals surface area contributed by atoms with Gasteiger partial charge in [0.15, 0.2) is 0 Å². The van der Waals surface area contributed by atoms with Gasteiger partial charge in [-0.25, -0.2) is 4.98 Å². The molecular formula is C14H24N4O3S. The van der Waals surface area contributed by atoms with E-state index < -0.39 is 10.2 Å². The summed E-state index contributed by atoms with van der Waals surface area (Å²) in [5.74, 6) is 0.832. The average molecular weight is 328 g/mol. The van der Waals surface area contributed by atoms with Gasteiger partial charge in [-0.1, -0.05) is 0 Å². The molecule has 7 nitrogen and oxygen atoms in total. The Kier molecular flexibility index (Phi) is 5.74. The lowest BCUT2D eigenvalue weighted by Crippen LogP contribution is -2.49. The van der Waals surface area contributed by atoms with Crippen LogP contribution in [0.4, 0.5) is 5.82 Å². The lowest BCUT2D eigenvalue weighted by atomic mass is 10.1. The van der Waals surface area contributed by atoms with Crippen molar-refractivity contribution in [2.75, 3.05) is 46.2 Å². The Morgan fingerprint density at radius 3 is 2.95 bits per heavy atom. The summed E-state index contributed by atoms with van der Waals surface area (Å²) in [6.07, 6.45) is 3.31. The van der Waals surface area contributed by atoms with E-state index in [1.54, 1.807) is 20.3 Å². The summed E-state index contributed by atoms with van der Waals surface area (Å²) in [7, 11) is 1.58. The molecule has 0 saturated carbocycles. The lowest BCUT2D eigenvalue weighted by molar-refractivity contribution is -0.00652. The van der Waals surface area contributed by atoms with Crippen molar-refractivity contribution in [1.29, 1.82) is 0 Å². The molecule has 1 atom stereocenters. The van der Waals surface area contributed by atoms with Crippen LogP contribution in [0.1, 0.15) is 12.0 Å². The number of morpholine rings is 1. The van der Waals surface area contributed by atoms with Crippen molar-refractivity contribution in [3.05, 3.63) is 23.9 Å². The third-order valence-electron chi connectivity index (χ3n) is 3.72. The maximum Gasteiger partial charge on any atom is 0.281 e. The summed E-state index contributed by atoms with van der Waals surface area (Å²) in [5.41, 5.74) is 1.16. The van der Waals surface area contributed by atoms with E-state index in [9.17, 15) is 8.42 Å². The minimum absolute atomic E-state index is 0.0744. The molecule has 1 aromatic heterocycles. The molecule has 1 aliphatic rings. The number of ether oxygens (including phenoxy) is 1. The maximum absolute atomic E-state index is 12.2. The van der Waals surface area contributed by atoms with E-state index in [4.69, 9.17) is 4.74 Å². The van der Waals surface area contributed by atoms with Crippen LogP contribution in [0, 0.1) is 0 Å². The first-order valence-corrected chi connectivity index (χ1v) is 8.75. The highest BCUT2D eigenvalue weighted by molar-refractivity contribution is 7.86. The highest BCUT2D eigenvalue weighted by Gasteiger charge is 2.30. The van der Waals surface area contributed by atoms with Crippen molar-refractivity contribution in [3.8, 4) is 0 Å². The molecule has 0 aliphatic carbocycles. The molecule has 1 aromatic rings. The standard InChI is InChI=1S/C14H24N4O3S/c1-15-14-10-12(6-7-16-14)4-5-13-11-18(8-9-21-13)22(19,20)17(2)3/h6-7,10,13H,4-5,8-9,11H2,1-3H3,(H,15,16)/t13-/m0/s1. The molecule has 8 heteroatoms. The van der Waals surface area contributed by atoms with Gasteiger partial charge in [-0.2, -0.15) is 17.0 Å². The molecule has 1 N–H and O–H groups in total. The first-order chi connectivity index (χ1) is 10.4. The van der Waals surface area contributed by atoms with Crippen LogP contribution >= 0.6 is 0 Å². The fourth-order valence-corrected chi connectivity index (χ4v) is 3.52. The van der Waals surface area contributed by atoms with Gasteiger partial charge in [0.05, 0.1) is 12.7 Å². The van der Waals surface area contributed by atoms with Gasteiger partial charge in [0.1, 0.15) is 5.82 Å². The summed E-state index contributed by atoms with van der Waals surface area (Å²) >= 11 is 0. The Bertz CT molecular complexity index is 592. The predicted octanol–water partition coefficient (Wildman–Crippen LogP) is 0.563. The van der Waals surface area contributed by atoms with Crippen LogP contribution < -0.4 is 5.32 Å². The van der Waals surface area contributed by atoms with Gasteiger partial charge in [-0.15, -0.1) is 0 Å². The molecule has 22 heavy (non-hydrogen) atoms. The van der Waals surface area contributed by atoms with E-state index >= 15 is 0 Å². The van der Waals surface area contributed by atoms with Crippen molar-refractivity contribution in [3.63, 3.8) is 0 Å². The highest BCUT2D eigenvalue weighted by atomic mass is 32.2. The van der Waals surface area contributed by atoms with Gasteiger partial charge in [0.25, 0.3) is 10.2 Å². The van der Waals surface area contributed by atoms with Crippen LogP contribution in [-0.2, 0) is 21.4 Å². The molecule has 2 rings (SSSR count). The van der Waals surface area contributed by atoms with Gasteiger partial charge in [-0.05, 0) is 30.5 Å². The van der Waals surface area contributed by atoms with Crippen LogP contribution in [0.2, 0.25) is 0 Å². The topological polar surface area (TPSA) is 74.8 Å². The third kappa shape index (κ3) is 4.16. The number of nitrogens with one attached hydrogen (secondary N) is 1. The second kappa shape index (κ2) is 7.36. The Morgan fingerprint density at radius 2 is 2.27 bits per heavy atom. The molecule has 0 radical (unpaired) electrons. The maximum atomic E-state index is 12.2. The number of hydrogen-bond donors (Lipinski definition) is 1. The molecule has 0 amide bonds. The number of pyridine rings is 1. The predicted molar refractivity (Wildman–Crippen MR) is 86.0 cm³/mol. The molecule has 1 fully saturated rings. The lowest BCUT2D eigenvalue weighted by Gasteiger charge is -2.33. The Morgan fingerprint density at radius 1 is 1.50 bits per heavy atom. The molecule has 2 heterocycles. The van der Waals surface area contributed by atoms with Crippen molar-refractivity contribution in [2.45, 2.75) is 18.9 Å². The Balaban J connectivity index is 1.93. The normalized spacial score (nSPS) is 20.3. The number of anilines is 1. The third-order valence-corrected chi connectivity index (χ3v) is 5.63. The summed E-state index contributed by atoms with van der Waals surface area (Å²) in [6, 6.07) is 3.97. The molecule has 1 saturated heterocycles. The number of aromatic nitrogens is 1. The first-order valence-electron chi connectivity index (χ1n) is 7.35. The van der Waals surface area contributed by atoms with E-state index in [-0.39, 0.29) is 6.10 Å². The summed E-state index contributed by atoms with van der Waals surface area (Å²) in [6.45, 7) is 1.26. The van der Waals surface area contributed by atoms with Crippen molar-refractivity contribution >= 4 is 16.0 Å². The van der Waals surface area contributed by atoms with Crippen molar-refractivity contribution < 1.29 is 13.2 Å². The minimum Gasteiger partial charge on any atom is -0.375 e. The summed E-state index contributed by atoms with van der Waals surface area (Å²) in [5, 5.41) is 3.01. The van der Waals surface area contributed by atoms with Crippen LogP contribution in [-0.4, -0.2) is 69.0 Å². The van der Waals surface area contributed by atoms with Crippen molar-refractivity contribution in [1.82, 2.24) is 13.6 Å². The van der Waals surface area contributed by atoms with Gasteiger partial charge in [0.2, 0.25) is 0 Å². The quantitative estimate of drug-likeness (QED) is 0.826. The number of rotatable bonds is 6. The highest BCUT2D eigenvalue weighted by Crippen LogP contribution is 2.17. The van der Waals surface area contributed by atoms with E-state index in [0.717, 1.165) is 24.2 Å². The number of aryl methyl sites for hydroxylation is 1. The van der Waals surface area contributed by atoms with Crippen LogP contribution in [0.15, 0.2) is 18.3 Å². The second-order valence-corrected chi connectivity index (χ2v) is 7.62. The van der Waals surface area contributed by atoms with Crippen LogP contribution in [0.3, 0.4) is 0 Å². The molecule has 124 valence electrons. The average Bonchev–Trinajstić information content (AvgIpc) is 2.53. The second-order valence-electron chi connectivity index (χ2n) is 5.48. The zero-order valence-electron chi connectivity index (χ0n) is 13.3. The SMILES string of the molecule is CNc1cc(CC[C@H]2CN(S(=O)(=O)N(C)C)CCO2)ccn1. The zero-order chi connectivity index (χ0) is 16.2. The van der Waals surface area contributed by atoms with Gasteiger partial charge in [-0.3, -0.25) is 0 Å². The Labute approximate surface area is 132 Å². The largest absolute Gasteiger partial charge is 0.375 e. The fraction of sp³-hybridized carbons (Fsp3) is 0.643. The monoisotopic (exact) mass is 328 g/mol. The van der Waals surface area contributed by atoms with Crippen LogP contribution in [0.5, 0.6) is 0 Å². The van der Waals surface area contributed by atoms with Crippen molar-refractivity contribution in [2.24, 2.45) is 0 Å². The van der Waals surface area contributed by atoms with Crippen LogP contribution in [0.25, 0.3) is 0 Å². The molecule has 0 aromatic carbocycles. The van der Waals surface area contributed by atoms with Gasteiger partial charge < -0.3 is 10.1 Å². The van der Waals surface area contributed by atoms with E-state index in [1.807, 2.05) is 19.2 Å². The zero-order valence-corrected chi connectivity index (χ0v) is 14.1. The number of hydrogen-bond acceptors (Lipinski definition) is 5. The fourth-order valence-electron chi connectivity index (χ4n) is 2.40. The molecule has 0 bridgehead atoms. The Hall–Kier alpha value is -1.22. The van der Waals surface area contributed by atoms with E-state index in [1.165, 1.54) is 8.61 Å². The smallest absolute Gasteiger partial charge is 0.281 e. The molecule has 1 aliphatic heterocycles. The molecule has 0 spiro atoms. The summed E-state index contributed by atoms with van der Waals surface area (Å²) < 4.78 is 32.8. The molecule has 0 unspecified atom stereocenters. The minimum atomic E-state index is -3.36. The van der Waals surface area contributed by atoms with E-state index in [0.29, 0.717) is 19.7 Å².